The first-order valence-electron chi connectivity index (χ1n) is 8.76. The molecule has 2 aliphatic rings. The summed E-state index contributed by atoms with van der Waals surface area (Å²) >= 11 is 5.95. The number of carbonyl (C=O) groups is 1. The molecule has 3 rings (SSSR count). The van der Waals surface area contributed by atoms with Crippen LogP contribution in [0.1, 0.15) is 25.8 Å². The van der Waals surface area contributed by atoms with Crippen LogP contribution in [0.4, 0.5) is 0 Å². The molecule has 1 aromatic rings. The van der Waals surface area contributed by atoms with Crippen LogP contribution in [0.5, 0.6) is 0 Å². The zero-order chi connectivity index (χ0) is 17.1. The van der Waals surface area contributed by atoms with Gasteiger partial charge >= 0.3 is 0 Å². The fraction of sp³-hybridized carbons (Fsp3) is 0.526. The molecule has 1 aromatic carbocycles. The van der Waals surface area contributed by atoms with Crippen LogP contribution in [-0.2, 0) is 4.79 Å². The number of hydrogen-bond acceptors (Lipinski definition) is 3. The zero-order valence-corrected chi connectivity index (χ0v) is 15.2. The molecule has 2 heterocycles. The minimum absolute atomic E-state index is 0.0772. The van der Waals surface area contributed by atoms with Crippen LogP contribution in [-0.4, -0.2) is 60.5 Å². The van der Waals surface area contributed by atoms with Crippen molar-refractivity contribution in [1.29, 1.82) is 0 Å². The number of piperazine rings is 1. The number of nitrogens with zero attached hydrogens (tertiary/aromatic N) is 2. The molecule has 0 aliphatic carbocycles. The van der Waals surface area contributed by atoms with Gasteiger partial charge in [0.05, 0.1) is 6.04 Å². The summed E-state index contributed by atoms with van der Waals surface area (Å²) in [6.45, 7) is 8.56. The van der Waals surface area contributed by atoms with Gasteiger partial charge in [-0.25, -0.2) is 0 Å². The van der Waals surface area contributed by atoms with Gasteiger partial charge in [-0.05, 0) is 43.5 Å². The van der Waals surface area contributed by atoms with Crippen LogP contribution in [0.25, 0.3) is 5.57 Å². The van der Waals surface area contributed by atoms with Gasteiger partial charge < -0.3 is 10.2 Å². The SMILES string of the molecule is CC(C)N1CCNC(C(=O)N2CC=C(c3ccc(Cl)cc3)CC2)C1. The highest BCUT2D eigenvalue weighted by Crippen LogP contribution is 2.24. The third-order valence-corrected chi connectivity index (χ3v) is 5.22. The van der Waals surface area contributed by atoms with Crippen molar-refractivity contribution in [3.8, 4) is 0 Å². The van der Waals surface area contributed by atoms with E-state index >= 15 is 0 Å². The lowest BCUT2D eigenvalue weighted by Crippen LogP contribution is -2.59. The van der Waals surface area contributed by atoms with E-state index < -0.39 is 0 Å². The number of halogens is 1. The Morgan fingerprint density at radius 3 is 2.62 bits per heavy atom. The van der Waals surface area contributed by atoms with Gasteiger partial charge in [-0.1, -0.05) is 29.8 Å². The van der Waals surface area contributed by atoms with E-state index in [2.05, 4.69) is 42.3 Å². The van der Waals surface area contributed by atoms with Crippen molar-refractivity contribution in [3.05, 3.63) is 40.9 Å². The summed E-state index contributed by atoms with van der Waals surface area (Å²) in [4.78, 5) is 17.1. The van der Waals surface area contributed by atoms with Gasteiger partial charge in [0.25, 0.3) is 0 Å². The smallest absolute Gasteiger partial charge is 0.241 e. The molecule has 5 heteroatoms. The topological polar surface area (TPSA) is 35.6 Å². The molecule has 1 fully saturated rings. The van der Waals surface area contributed by atoms with Crippen molar-refractivity contribution < 1.29 is 4.79 Å². The second kappa shape index (κ2) is 7.68. The maximum Gasteiger partial charge on any atom is 0.241 e. The quantitative estimate of drug-likeness (QED) is 0.913. The molecule has 24 heavy (non-hydrogen) atoms. The summed E-state index contributed by atoms with van der Waals surface area (Å²) in [5.41, 5.74) is 2.50. The Morgan fingerprint density at radius 2 is 2.00 bits per heavy atom. The van der Waals surface area contributed by atoms with Gasteiger partial charge in [-0.2, -0.15) is 0 Å². The van der Waals surface area contributed by atoms with Gasteiger partial charge in [0, 0.05) is 43.8 Å². The lowest BCUT2D eigenvalue weighted by atomic mass is 9.99. The predicted molar refractivity (Wildman–Crippen MR) is 99.1 cm³/mol. The summed E-state index contributed by atoms with van der Waals surface area (Å²) in [7, 11) is 0. The molecule has 0 saturated carbocycles. The third kappa shape index (κ3) is 4.00. The van der Waals surface area contributed by atoms with E-state index in [4.69, 9.17) is 11.6 Å². The number of hydrogen-bond donors (Lipinski definition) is 1. The van der Waals surface area contributed by atoms with Crippen LogP contribution < -0.4 is 5.32 Å². The van der Waals surface area contributed by atoms with E-state index in [-0.39, 0.29) is 11.9 Å². The number of rotatable bonds is 3. The number of nitrogens with one attached hydrogen (secondary N) is 1. The van der Waals surface area contributed by atoms with Crippen molar-refractivity contribution in [3.63, 3.8) is 0 Å². The minimum Gasteiger partial charge on any atom is -0.337 e. The molecule has 0 aromatic heterocycles. The van der Waals surface area contributed by atoms with Gasteiger partial charge in [0.15, 0.2) is 0 Å². The number of benzene rings is 1. The fourth-order valence-corrected chi connectivity index (χ4v) is 3.55. The molecule has 130 valence electrons. The summed E-state index contributed by atoms with van der Waals surface area (Å²) in [5, 5.41) is 4.14. The average Bonchev–Trinajstić information content (AvgIpc) is 2.62. The van der Waals surface area contributed by atoms with Crippen LogP contribution in [0.2, 0.25) is 5.02 Å². The fourth-order valence-electron chi connectivity index (χ4n) is 3.42. The van der Waals surface area contributed by atoms with Gasteiger partial charge in [-0.15, -0.1) is 0 Å². The first kappa shape index (κ1) is 17.5. The molecule has 2 aliphatic heterocycles. The number of amides is 1. The Balaban J connectivity index is 1.61. The summed E-state index contributed by atoms with van der Waals surface area (Å²) in [6.07, 6.45) is 3.07. The monoisotopic (exact) mass is 347 g/mol. The molecule has 0 bridgehead atoms. The van der Waals surface area contributed by atoms with Crippen molar-refractivity contribution in [2.45, 2.75) is 32.4 Å². The van der Waals surface area contributed by atoms with E-state index in [1.165, 1.54) is 11.1 Å². The Labute approximate surface area is 149 Å². The molecular formula is C19H26ClN3O. The second-order valence-electron chi connectivity index (χ2n) is 6.87. The van der Waals surface area contributed by atoms with E-state index in [0.717, 1.165) is 37.6 Å². The first-order valence-corrected chi connectivity index (χ1v) is 9.13. The van der Waals surface area contributed by atoms with Crippen LogP contribution in [0, 0.1) is 0 Å². The normalized spacial score (nSPS) is 22.6. The van der Waals surface area contributed by atoms with Gasteiger partial charge in [0.1, 0.15) is 0 Å². The largest absolute Gasteiger partial charge is 0.337 e. The molecule has 4 nitrogen and oxygen atoms in total. The Bertz CT molecular complexity index is 612. The van der Waals surface area contributed by atoms with E-state index in [1.807, 2.05) is 17.0 Å². The first-order chi connectivity index (χ1) is 11.5. The number of carbonyl (C=O) groups excluding carboxylic acids is 1. The highest BCUT2D eigenvalue weighted by molar-refractivity contribution is 6.30. The second-order valence-corrected chi connectivity index (χ2v) is 7.30. The Morgan fingerprint density at radius 1 is 1.25 bits per heavy atom. The van der Waals surface area contributed by atoms with Gasteiger partial charge in [-0.3, -0.25) is 9.69 Å². The van der Waals surface area contributed by atoms with Crippen LogP contribution in [0.15, 0.2) is 30.3 Å². The maximum atomic E-state index is 12.8. The molecular weight excluding hydrogens is 322 g/mol. The Kier molecular flexibility index (Phi) is 5.59. The molecule has 1 unspecified atom stereocenters. The average molecular weight is 348 g/mol. The summed E-state index contributed by atoms with van der Waals surface area (Å²) in [5.74, 6) is 0.228. The van der Waals surface area contributed by atoms with Crippen LogP contribution in [0.3, 0.4) is 0 Å². The Hall–Kier alpha value is -1.36. The van der Waals surface area contributed by atoms with Crippen LogP contribution >= 0.6 is 11.6 Å². The van der Waals surface area contributed by atoms with E-state index in [1.54, 1.807) is 0 Å². The highest BCUT2D eigenvalue weighted by atomic mass is 35.5. The molecule has 1 amide bonds. The standard InChI is InChI=1S/C19H26ClN3O/c1-14(2)23-12-9-21-18(13-23)19(24)22-10-7-16(8-11-22)15-3-5-17(20)6-4-15/h3-7,14,18,21H,8-13H2,1-2H3. The van der Waals surface area contributed by atoms with E-state index in [0.29, 0.717) is 12.6 Å². The van der Waals surface area contributed by atoms with Crippen molar-refractivity contribution in [2.75, 3.05) is 32.7 Å². The summed E-state index contributed by atoms with van der Waals surface area (Å²) in [6, 6.07) is 8.35. The summed E-state index contributed by atoms with van der Waals surface area (Å²) < 4.78 is 0. The molecule has 1 N–H and O–H groups in total. The predicted octanol–water partition coefficient (Wildman–Crippen LogP) is 2.64. The lowest BCUT2D eigenvalue weighted by Gasteiger charge is -2.38. The molecule has 0 spiro atoms. The molecule has 1 saturated heterocycles. The van der Waals surface area contributed by atoms with Gasteiger partial charge in [0.2, 0.25) is 5.91 Å². The minimum atomic E-state index is -0.0772. The highest BCUT2D eigenvalue weighted by Gasteiger charge is 2.30. The van der Waals surface area contributed by atoms with E-state index in [9.17, 15) is 4.79 Å². The van der Waals surface area contributed by atoms with Crippen molar-refractivity contribution in [1.82, 2.24) is 15.1 Å². The maximum absolute atomic E-state index is 12.8. The van der Waals surface area contributed by atoms with Crippen molar-refractivity contribution >= 4 is 23.1 Å². The third-order valence-electron chi connectivity index (χ3n) is 4.97. The lowest BCUT2D eigenvalue weighted by molar-refractivity contribution is -0.134. The molecule has 0 radical (unpaired) electrons. The zero-order valence-electron chi connectivity index (χ0n) is 14.5. The molecule has 1 atom stereocenters. The van der Waals surface area contributed by atoms with Crippen molar-refractivity contribution in [2.24, 2.45) is 0 Å².